The number of urea groups is 1. The monoisotopic (exact) mass is 233 g/mol. The molecule has 4 heteroatoms. The molecule has 1 heterocycles. The van der Waals surface area contributed by atoms with Crippen LogP contribution in [-0.2, 0) is 13.5 Å². The van der Waals surface area contributed by atoms with E-state index in [1.165, 1.54) is 5.69 Å². The van der Waals surface area contributed by atoms with Crippen molar-refractivity contribution in [2.75, 3.05) is 6.54 Å². The van der Waals surface area contributed by atoms with E-state index in [1.54, 1.807) is 0 Å². The van der Waals surface area contributed by atoms with Crippen LogP contribution < -0.4 is 10.6 Å². The first-order chi connectivity index (χ1) is 8.13. The predicted octanol–water partition coefficient (Wildman–Crippen LogP) is 1.28. The van der Waals surface area contributed by atoms with Gasteiger partial charge in [0, 0.05) is 25.0 Å². The summed E-state index contributed by atoms with van der Waals surface area (Å²) in [6.45, 7) is 2.24. The van der Waals surface area contributed by atoms with Crippen molar-refractivity contribution in [3.05, 3.63) is 24.0 Å². The summed E-state index contributed by atoms with van der Waals surface area (Å²) in [5.74, 6) is 2.36. The molecule has 4 nitrogen and oxygen atoms in total. The molecule has 1 atom stereocenters. The van der Waals surface area contributed by atoms with Gasteiger partial charge in [-0.25, -0.2) is 4.79 Å². The van der Waals surface area contributed by atoms with Crippen LogP contribution in [0.4, 0.5) is 4.79 Å². The molecule has 0 bridgehead atoms. The molecule has 0 radical (unpaired) electrons. The van der Waals surface area contributed by atoms with Gasteiger partial charge in [0.15, 0.2) is 0 Å². The molecule has 0 aliphatic carbocycles. The second-order valence-electron chi connectivity index (χ2n) is 4.08. The number of terminal acetylenes is 1. The summed E-state index contributed by atoms with van der Waals surface area (Å²) < 4.78 is 2.09. The number of hydrogen-bond acceptors (Lipinski definition) is 1. The minimum atomic E-state index is -0.206. The van der Waals surface area contributed by atoms with E-state index in [0.717, 1.165) is 12.8 Å². The lowest BCUT2D eigenvalue weighted by Crippen LogP contribution is -2.41. The summed E-state index contributed by atoms with van der Waals surface area (Å²) in [5.41, 5.74) is 1.27. The zero-order valence-electron chi connectivity index (χ0n) is 10.4. The highest BCUT2D eigenvalue weighted by Gasteiger charge is 2.07. The van der Waals surface area contributed by atoms with Crippen molar-refractivity contribution < 1.29 is 4.79 Å². The minimum absolute atomic E-state index is 0.127. The van der Waals surface area contributed by atoms with Crippen LogP contribution >= 0.6 is 0 Å². The lowest BCUT2D eigenvalue weighted by atomic mass is 10.1. The van der Waals surface area contributed by atoms with E-state index in [1.807, 2.05) is 26.2 Å². The molecule has 1 rings (SSSR count). The van der Waals surface area contributed by atoms with Crippen molar-refractivity contribution in [3.8, 4) is 12.3 Å². The summed E-state index contributed by atoms with van der Waals surface area (Å²) in [6.07, 6.45) is 8.92. The van der Waals surface area contributed by atoms with Gasteiger partial charge in [-0.1, -0.05) is 5.92 Å². The molecule has 0 unspecified atom stereocenters. The average Bonchev–Trinajstić information content (AvgIpc) is 2.69. The number of amides is 2. The molecule has 2 amide bonds. The van der Waals surface area contributed by atoms with E-state index in [9.17, 15) is 4.79 Å². The molecule has 17 heavy (non-hydrogen) atoms. The molecule has 0 aromatic carbocycles. The summed E-state index contributed by atoms with van der Waals surface area (Å²) >= 11 is 0. The van der Waals surface area contributed by atoms with E-state index in [0.29, 0.717) is 0 Å². The fourth-order valence-corrected chi connectivity index (χ4v) is 1.60. The second-order valence-corrected chi connectivity index (χ2v) is 4.08. The number of carbonyl (C=O) groups excluding carboxylic acids is 1. The van der Waals surface area contributed by atoms with Crippen LogP contribution in [0.15, 0.2) is 18.3 Å². The van der Waals surface area contributed by atoms with Crippen LogP contribution in [0.1, 0.15) is 19.0 Å². The highest BCUT2D eigenvalue weighted by molar-refractivity contribution is 5.74. The molecule has 0 saturated heterocycles. The fraction of sp³-hybridized carbons (Fsp3) is 0.462. The smallest absolute Gasteiger partial charge is 0.315 e. The Labute approximate surface area is 102 Å². The van der Waals surface area contributed by atoms with E-state index in [4.69, 9.17) is 6.42 Å². The van der Waals surface area contributed by atoms with Crippen molar-refractivity contribution in [2.24, 2.45) is 7.05 Å². The standard InChI is InChI=1S/C13H19N3O/c1-4-9-14-13(17)15-11(2)7-8-12-6-5-10-16(12)3/h1,5-6,10-11H,7-9H2,2-3H3,(H2,14,15,17)/t11-/m0/s1. The molecule has 0 saturated carbocycles. The second kappa shape index (κ2) is 6.64. The molecule has 0 aliphatic heterocycles. The van der Waals surface area contributed by atoms with Gasteiger partial charge in [-0.15, -0.1) is 6.42 Å². The average molecular weight is 233 g/mol. The SMILES string of the molecule is C#CCNC(=O)N[C@@H](C)CCc1cccn1C. The molecule has 2 N–H and O–H groups in total. The van der Waals surface area contributed by atoms with Crippen molar-refractivity contribution in [1.29, 1.82) is 0 Å². The third-order valence-corrected chi connectivity index (χ3v) is 2.61. The van der Waals surface area contributed by atoms with E-state index in [-0.39, 0.29) is 18.6 Å². The van der Waals surface area contributed by atoms with Gasteiger partial charge in [0.25, 0.3) is 0 Å². The van der Waals surface area contributed by atoms with Gasteiger partial charge >= 0.3 is 6.03 Å². The number of aromatic nitrogens is 1. The number of aryl methyl sites for hydroxylation is 2. The van der Waals surface area contributed by atoms with Gasteiger partial charge in [-0.2, -0.15) is 0 Å². The van der Waals surface area contributed by atoms with Crippen molar-refractivity contribution >= 4 is 6.03 Å². The highest BCUT2D eigenvalue weighted by atomic mass is 16.2. The van der Waals surface area contributed by atoms with Gasteiger partial charge in [0.1, 0.15) is 0 Å². The van der Waals surface area contributed by atoms with Gasteiger partial charge in [-0.05, 0) is 31.9 Å². The maximum absolute atomic E-state index is 11.3. The van der Waals surface area contributed by atoms with Gasteiger partial charge in [0.05, 0.1) is 6.54 Å². The minimum Gasteiger partial charge on any atom is -0.354 e. The third kappa shape index (κ3) is 4.64. The van der Waals surface area contributed by atoms with E-state index < -0.39 is 0 Å². The van der Waals surface area contributed by atoms with Crippen LogP contribution in [0.2, 0.25) is 0 Å². The molecule has 1 aromatic rings. The molecular weight excluding hydrogens is 214 g/mol. The Kier molecular flexibility index (Phi) is 5.15. The number of rotatable bonds is 5. The number of hydrogen-bond donors (Lipinski definition) is 2. The summed E-state index contributed by atoms with van der Waals surface area (Å²) in [6, 6.07) is 4.03. The number of carbonyl (C=O) groups is 1. The number of nitrogens with zero attached hydrogens (tertiary/aromatic N) is 1. The van der Waals surface area contributed by atoms with Gasteiger partial charge in [-0.3, -0.25) is 0 Å². The highest BCUT2D eigenvalue weighted by Crippen LogP contribution is 2.05. The van der Waals surface area contributed by atoms with Crippen LogP contribution in [-0.4, -0.2) is 23.2 Å². The Hall–Kier alpha value is -1.89. The maximum Gasteiger partial charge on any atom is 0.315 e. The lowest BCUT2D eigenvalue weighted by molar-refractivity contribution is 0.238. The number of nitrogens with one attached hydrogen (secondary N) is 2. The first kappa shape index (κ1) is 13.2. The van der Waals surface area contributed by atoms with Crippen LogP contribution in [0, 0.1) is 12.3 Å². The quantitative estimate of drug-likeness (QED) is 0.739. The van der Waals surface area contributed by atoms with Crippen LogP contribution in [0.25, 0.3) is 0 Å². The first-order valence-corrected chi connectivity index (χ1v) is 5.71. The summed E-state index contributed by atoms with van der Waals surface area (Å²) in [5, 5.41) is 5.42. The maximum atomic E-state index is 11.3. The Balaban J connectivity index is 2.26. The third-order valence-electron chi connectivity index (χ3n) is 2.61. The van der Waals surface area contributed by atoms with Gasteiger partial charge in [0.2, 0.25) is 0 Å². The lowest BCUT2D eigenvalue weighted by Gasteiger charge is -2.14. The Bertz CT molecular complexity index is 403. The Morgan fingerprint density at radius 1 is 1.65 bits per heavy atom. The summed E-state index contributed by atoms with van der Waals surface area (Å²) in [7, 11) is 2.02. The van der Waals surface area contributed by atoms with Crippen molar-refractivity contribution in [2.45, 2.75) is 25.8 Å². The molecule has 0 aliphatic rings. The molecule has 0 fully saturated rings. The molecule has 1 aromatic heterocycles. The first-order valence-electron chi connectivity index (χ1n) is 5.71. The summed E-state index contributed by atoms with van der Waals surface area (Å²) in [4.78, 5) is 11.3. The predicted molar refractivity (Wildman–Crippen MR) is 68.6 cm³/mol. The largest absolute Gasteiger partial charge is 0.354 e. The fourth-order valence-electron chi connectivity index (χ4n) is 1.60. The Morgan fingerprint density at radius 2 is 2.41 bits per heavy atom. The van der Waals surface area contributed by atoms with Crippen molar-refractivity contribution in [3.63, 3.8) is 0 Å². The van der Waals surface area contributed by atoms with Crippen LogP contribution in [0.5, 0.6) is 0 Å². The van der Waals surface area contributed by atoms with Crippen LogP contribution in [0.3, 0.4) is 0 Å². The topological polar surface area (TPSA) is 46.1 Å². The zero-order valence-corrected chi connectivity index (χ0v) is 10.4. The van der Waals surface area contributed by atoms with Gasteiger partial charge < -0.3 is 15.2 Å². The zero-order chi connectivity index (χ0) is 12.7. The molecular formula is C13H19N3O. The van der Waals surface area contributed by atoms with E-state index >= 15 is 0 Å². The molecule has 92 valence electrons. The van der Waals surface area contributed by atoms with Crippen molar-refractivity contribution in [1.82, 2.24) is 15.2 Å². The van der Waals surface area contributed by atoms with E-state index in [2.05, 4.69) is 27.2 Å². The normalized spacial score (nSPS) is 11.6. The molecule has 0 spiro atoms. The Morgan fingerprint density at radius 3 is 3.00 bits per heavy atom.